The molecule has 0 unspecified atom stereocenters. The van der Waals surface area contributed by atoms with E-state index in [0.717, 1.165) is 16.8 Å². The summed E-state index contributed by atoms with van der Waals surface area (Å²) in [4.78, 5) is 8.46. The molecule has 0 amide bonds. The van der Waals surface area contributed by atoms with E-state index in [0.29, 0.717) is 18.3 Å². The number of nitrogens with zero attached hydrogens (tertiary/aromatic N) is 5. The van der Waals surface area contributed by atoms with Crippen LogP contribution < -0.4 is 5.73 Å². The van der Waals surface area contributed by atoms with Crippen molar-refractivity contribution in [2.75, 3.05) is 0 Å². The summed E-state index contributed by atoms with van der Waals surface area (Å²) in [7, 11) is 1.83. The molecule has 96 valence electrons. The van der Waals surface area contributed by atoms with Crippen LogP contribution in [0.5, 0.6) is 0 Å². The standard InChI is InChI=1S/C12H12N6O/c1-18-7-9(6-15-18)11-16-12(19-17-11)8-2-3-14-10(4-8)5-13/h2-4,6-7H,5,13H2,1H3. The van der Waals surface area contributed by atoms with Gasteiger partial charge in [-0.25, -0.2) is 0 Å². The number of hydrogen-bond acceptors (Lipinski definition) is 6. The minimum absolute atomic E-state index is 0.372. The van der Waals surface area contributed by atoms with E-state index in [1.165, 1.54) is 0 Å². The Bertz CT molecular complexity index is 702. The topological polar surface area (TPSA) is 95.7 Å². The van der Waals surface area contributed by atoms with Crippen molar-refractivity contribution < 1.29 is 4.52 Å². The van der Waals surface area contributed by atoms with Gasteiger partial charge in [0.2, 0.25) is 5.82 Å². The fraction of sp³-hybridized carbons (Fsp3) is 0.167. The van der Waals surface area contributed by atoms with Gasteiger partial charge in [0, 0.05) is 31.5 Å². The average Bonchev–Trinajstić information content (AvgIpc) is 3.07. The highest BCUT2D eigenvalue weighted by molar-refractivity contribution is 5.58. The van der Waals surface area contributed by atoms with Crippen LogP contribution in [0.25, 0.3) is 22.8 Å². The van der Waals surface area contributed by atoms with Crippen LogP contribution in [-0.4, -0.2) is 24.9 Å². The van der Waals surface area contributed by atoms with E-state index in [1.54, 1.807) is 23.1 Å². The second-order valence-corrected chi connectivity index (χ2v) is 4.07. The van der Waals surface area contributed by atoms with Gasteiger partial charge in [-0.15, -0.1) is 0 Å². The Morgan fingerprint density at radius 2 is 2.26 bits per heavy atom. The van der Waals surface area contributed by atoms with Crippen molar-refractivity contribution >= 4 is 0 Å². The van der Waals surface area contributed by atoms with E-state index in [9.17, 15) is 0 Å². The first kappa shape index (κ1) is 11.5. The largest absolute Gasteiger partial charge is 0.334 e. The molecule has 0 aliphatic rings. The van der Waals surface area contributed by atoms with Gasteiger partial charge in [-0.05, 0) is 12.1 Å². The summed E-state index contributed by atoms with van der Waals surface area (Å²) in [6, 6.07) is 3.64. The van der Waals surface area contributed by atoms with E-state index in [2.05, 4.69) is 20.2 Å². The molecule has 0 aromatic carbocycles. The molecular weight excluding hydrogens is 244 g/mol. The molecule has 3 aromatic rings. The van der Waals surface area contributed by atoms with E-state index in [1.807, 2.05) is 19.3 Å². The highest BCUT2D eigenvalue weighted by Gasteiger charge is 2.12. The van der Waals surface area contributed by atoms with E-state index in [-0.39, 0.29) is 0 Å². The molecule has 0 fully saturated rings. The zero-order chi connectivity index (χ0) is 13.2. The Hall–Kier alpha value is -2.54. The normalized spacial score (nSPS) is 10.8. The maximum atomic E-state index is 5.56. The monoisotopic (exact) mass is 256 g/mol. The van der Waals surface area contributed by atoms with Gasteiger partial charge in [-0.1, -0.05) is 5.16 Å². The van der Waals surface area contributed by atoms with Crippen LogP contribution in [0, 0.1) is 0 Å². The lowest BCUT2D eigenvalue weighted by atomic mass is 10.2. The Balaban J connectivity index is 1.96. The molecule has 0 saturated heterocycles. The highest BCUT2D eigenvalue weighted by atomic mass is 16.5. The van der Waals surface area contributed by atoms with Crippen molar-refractivity contribution in [1.82, 2.24) is 24.9 Å². The molecule has 3 heterocycles. The molecule has 19 heavy (non-hydrogen) atoms. The van der Waals surface area contributed by atoms with Crippen LogP contribution in [0.15, 0.2) is 35.2 Å². The first-order chi connectivity index (χ1) is 9.26. The van der Waals surface area contributed by atoms with Crippen molar-refractivity contribution in [2.45, 2.75) is 6.54 Å². The fourth-order valence-electron chi connectivity index (χ4n) is 1.72. The summed E-state index contributed by atoms with van der Waals surface area (Å²) < 4.78 is 6.93. The third kappa shape index (κ3) is 2.23. The number of aromatic nitrogens is 5. The first-order valence-electron chi connectivity index (χ1n) is 5.74. The number of aryl methyl sites for hydroxylation is 1. The first-order valence-corrected chi connectivity index (χ1v) is 5.74. The van der Waals surface area contributed by atoms with Crippen LogP contribution in [0.3, 0.4) is 0 Å². The summed E-state index contributed by atoms with van der Waals surface area (Å²) in [6.45, 7) is 0.372. The van der Waals surface area contributed by atoms with Gasteiger partial charge in [0.1, 0.15) is 0 Å². The summed E-state index contributed by atoms with van der Waals surface area (Å²) >= 11 is 0. The SMILES string of the molecule is Cn1cc(-c2noc(-c3ccnc(CN)c3)n2)cn1. The van der Waals surface area contributed by atoms with Crippen molar-refractivity contribution in [3.05, 3.63) is 36.4 Å². The van der Waals surface area contributed by atoms with Gasteiger partial charge in [0.15, 0.2) is 0 Å². The summed E-state index contributed by atoms with van der Waals surface area (Å²) in [5.41, 5.74) is 7.95. The van der Waals surface area contributed by atoms with Gasteiger partial charge < -0.3 is 10.3 Å². The minimum Gasteiger partial charge on any atom is -0.334 e. The lowest BCUT2D eigenvalue weighted by molar-refractivity contribution is 0.432. The van der Waals surface area contributed by atoms with Crippen LogP contribution in [0.2, 0.25) is 0 Å². The summed E-state index contributed by atoms with van der Waals surface area (Å²) in [5, 5.41) is 8.01. The Morgan fingerprint density at radius 1 is 1.37 bits per heavy atom. The molecule has 0 radical (unpaired) electrons. The second-order valence-electron chi connectivity index (χ2n) is 4.07. The molecule has 2 N–H and O–H groups in total. The van der Waals surface area contributed by atoms with Crippen LogP contribution in [0.1, 0.15) is 5.69 Å². The van der Waals surface area contributed by atoms with Crippen molar-refractivity contribution in [2.24, 2.45) is 12.8 Å². The molecule has 0 aliphatic carbocycles. The maximum absolute atomic E-state index is 5.56. The Morgan fingerprint density at radius 3 is 3.00 bits per heavy atom. The molecule has 7 nitrogen and oxygen atoms in total. The molecule has 0 bridgehead atoms. The Labute approximate surface area is 109 Å². The summed E-state index contributed by atoms with van der Waals surface area (Å²) in [6.07, 6.45) is 5.18. The number of rotatable bonds is 3. The van der Waals surface area contributed by atoms with Gasteiger partial charge in [0.25, 0.3) is 5.89 Å². The lowest BCUT2D eigenvalue weighted by Crippen LogP contribution is -1.98. The minimum atomic E-state index is 0.372. The molecule has 0 aliphatic heterocycles. The van der Waals surface area contributed by atoms with E-state index >= 15 is 0 Å². The van der Waals surface area contributed by atoms with Crippen LogP contribution in [-0.2, 0) is 13.6 Å². The van der Waals surface area contributed by atoms with Gasteiger partial charge >= 0.3 is 0 Å². The number of nitrogens with two attached hydrogens (primary N) is 1. The lowest BCUT2D eigenvalue weighted by Gasteiger charge is -1.97. The third-order valence-electron chi connectivity index (χ3n) is 2.66. The third-order valence-corrected chi connectivity index (χ3v) is 2.66. The van der Waals surface area contributed by atoms with Crippen molar-refractivity contribution in [3.8, 4) is 22.8 Å². The number of pyridine rings is 1. The quantitative estimate of drug-likeness (QED) is 0.750. The molecule has 3 rings (SSSR count). The molecular formula is C12H12N6O. The fourth-order valence-corrected chi connectivity index (χ4v) is 1.72. The second kappa shape index (κ2) is 4.62. The van der Waals surface area contributed by atoms with Gasteiger partial charge in [0.05, 0.1) is 17.5 Å². The van der Waals surface area contributed by atoms with Crippen LogP contribution >= 0.6 is 0 Å². The molecule has 3 aromatic heterocycles. The predicted molar refractivity (Wildman–Crippen MR) is 67.6 cm³/mol. The van der Waals surface area contributed by atoms with Crippen molar-refractivity contribution in [3.63, 3.8) is 0 Å². The summed E-state index contributed by atoms with van der Waals surface area (Å²) in [5.74, 6) is 0.949. The average molecular weight is 256 g/mol. The predicted octanol–water partition coefficient (Wildman–Crippen LogP) is 0.991. The molecule has 0 atom stereocenters. The Kier molecular flexibility index (Phi) is 2.81. The zero-order valence-electron chi connectivity index (χ0n) is 10.3. The van der Waals surface area contributed by atoms with E-state index in [4.69, 9.17) is 10.3 Å². The van der Waals surface area contributed by atoms with Gasteiger partial charge in [-0.3, -0.25) is 9.67 Å². The molecule has 0 saturated carbocycles. The molecule has 0 spiro atoms. The number of hydrogen-bond donors (Lipinski definition) is 1. The molecule has 7 heteroatoms. The van der Waals surface area contributed by atoms with Crippen molar-refractivity contribution in [1.29, 1.82) is 0 Å². The highest BCUT2D eigenvalue weighted by Crippen LogP contribution is 2.21. The van der Waals surface area contributed by atoms with Crippen LogP contribution in [0.4, 0.5) is 0 Å². The maximum Gasteiger partial charge on any atom is 0.258 e. The smallest absolute Gasteiger partial charge is 0.258 e. The van der Waals surface area contributed by atoms with E-state index < -0.39 is 0 Å². The zero-order valence-corrected chi connectivity index (χ0v) is 10.3. The van der Waals surface area contributed by atoms with Gasteiger partial charge in [-0.2, -0.15) is 10.1 Å².